The Morgan fingerprint density at radius 3 is 1.84 bits per heavy atom. The molecule has 0 aromatic heterocycles. The zero-order valence-electron chi connectivity index (χ0n) is 11.5. The van der Waals surface area contributed by atoms with Gasteiger partial charge in [0.2, 0.25) is 17.0 Å². The van der Waals surface area contributed by atoms with E-state index in [-0.39, 0.29) is 18.4 Å². The molecule has 0 aromatic rings. The number of carbonyl (C=O) groups excluding carboxylic acids is 1. The van der Waals surface area contributed by atoms with Crippen molar-refractivity contribution in [3.8, 4) is 0 Å². The summed E-state index contributed by atoms with van der Waals surface area (Å²) < 4.78 is 0. The third-order valence-corrected chi connectivity index (χ3v) is 2.78. The predicted octanol–water partition coefficient (Wildman–Crippen LogP) is 1.29. The average molecular weight is 273 g/mol. The molecule has 0 saturated carbocycles. The van der Waals surface area contributed by atoms with E-state index < -0.39 is 26.8 Å². The van der Waals surface area contributed by atoms with Gasteiger partial charge in [0.05, 0.1) is 0 Å². The van der Waals surface area contributed by atoms with Gasteiger partial charge in [-0.05, 0) is 0 Å². The largest absolute Gasteiger partial charge is 0.366 e. The van der Waals surface area contributed by atoms with Gasteiger partial charge in [-0.1, -0.05) is 6.08 Å². The van der Waals surface area contributed by atoms with Crippen LogP contribution in [0.2, 0.25) is 0 Å². The van der Waals surface area contributed by atoms with Crippen molar-refractivity contribution in [3.05, 3.63) is 31.9 Å². The van der Waals surface area contributed by atoms with Gasteiger partial charge in [-0.15, -0.1) is 0 Å². The Hall–Kier alpha value is -1.99. The van der Waals surface area contributed by atoms with Gasteiger partial charge >= 0.3 is 0 Å². The molecule has 0 fully saturated rings. The Bertz CT molecular complexity index is 426. The highest BCUT2D eigenvalue weighted by molar-refractivity contribution is 5.92. The lowest BCUT2D eigenvalue weighted by atomic mass is 9.92. The topological polar surface area (TPSA) is 129 Å². The lowest BCUT2D eigenvalue weighted by Gasteiger charge is -2.17. The first-order chi connectivity index (χ1) is 8.40. The van der Waals surface area contributed by atoms with Crippen molar-refractivity contribution >= 4 is 5.91 Å². The fourth-order valence-corrected chi connectivity index (χ4v) is 1.24. The van der Waals surface area contributed by atoms with Crippen molar-refractivity contribution in [1.29, 1.82) is 0 Å². The van der Waals surface area contributed by atoms with Crippen LogP contribution in [0.25, 0.3) is 0 Å². The second kappa shape index (κ2) is 5.77. The van der Waals surface area contributed by atoms with E-state index >= 15 is 0 Å². The van der Waals surface area contributed by atoms with Crippen LogP contribution in [0.15, 0.2) is 11.6 Å². The molecular formula is C11H19N3O5. The molecule has 0 aliphatic rings. The summed E-state index contributed by atoms with van der Waals surface area (Å²) in [4.78, 5) is 31.8. The van der Waals surface area contributed by atoms with E-state index in [1.807, 2.05) is 0 Å². The van der Waals surface area contributed by atoms with E-state index in [1.54, 1.807) is 0 Å². The summed E-state index contributed by atoms with van der Waals surface area (Å²) in [5.41, 5.74) is 2.59. The van der Waals surface area contributed by atoms with Crippen LogP contribution in [0.1, 0.15) is 40.5 Å². The number of primary amides is 1. The Labute approximate surface area is 111 Å². The molecule has 0 aromatic carbocycles. The Kier molecular flexibility index (Phi) is 5.16. The molecular weight excluding hydrogens is 254 g/mol. The van der Waals surface area contributed by atoms with Gasteiger partial charge in [-0.3, -0.25) is 25.0 Å². The minimum Gasteiger partial charge on any atom is -0.366 e. The summed E-state index contributed by atoms with van der Waals surface area (Å²) in [7, 11) is 0. The van der Waals surface area contributed by atoms with Crippen molar-refractivity contribution in [2.75, 3.05) is 0 Å². The van der Waals surface area contributed by atoms with Crippen LogP contribution in [-0.2, 0) is 4.79 Å². The quantitative estimate of drug-likeness (QED) is 0.424. The highest BCUT2D eigenvalue weighted by Crippen LogP contribution is 2.22. The van der Waals surface area contributed by atoms with Gasteiger partial charge < -0.3 is 5.73 Å². The Morgan fingerprint density at radius 2 is 1.53 bits per heavy atom. The standard InChI is InChI=1S/C11H19N3O5/c1-10(2,13(16)17)6-5-8(9(12)15)7-11(3,4)14(18)19/h5H,6-7H2,1-4H3,(H2,12,15)/b8-5-. The molecule has 108 valence electrons. The molecule has 0 radical (unpaired) electrons. The smallest absolute Gasteiger partial charge is 0.244 e. The summed E-state index contributed by atoms with van der Waals surface area (Å²) in [6, 6.07) is 0. The van der Waals surface area contributed by atoms with E-state index in [0.717, 1.165) is 0 Å². The Balaban J connectivity index is 5.10. The number of hydrogen-bond donors (Lipinski definition) is 1. The molecule has 0 atom stereocenters. The second-order valence-electron chi connectivity index (χ2n) is 5.61. The maximum absolute atomic E-state index is 11.2. The average Bonchev–Trinajstić information content (AvgIpc) is 2.23. The number of carbonyl (C=O) groups is 1. The third-order valence-electron chi connectivity index (χ3n) is 2.78. The van der Waals surface area contributed by atoms with Crippen LogP contribution in [-0.4, -0.2) is 26.8 Å². The van der Waals surface area contributed by atoms with Crippen molar-refractivity contribution in [1.82, 2.24) is 0 Å². The monoisotopic (exact) mass is 273 g/mol. The van der Waals surface area contributed by atoms with Gasteiger partial charge in [-0.2, -0.15) is 0 Å². The van der Waals surface area contributed by atoms with Gasteiger partial charge in [0, 0.05) is 56.0 Å². The lowest BCUT2D eigenvalue weighted by Crippen LogP contribution is -2.34. The van der Waals surface area contributed by atoms with E-state index in [9.17, 15) is 25.0 Å². The summed E-state index contributed by atoms with van der Waals surface area (Å²) in [5, 5.41) is 21.6. The predicted molar refractivity (Wildman–Crippen MR) is 68.7 cm³/mol. The molecule has 0 unspecified atom stereocenters. The second-order valence-corrected chi connectivity index (χ2v) is 5.61. The van der Waals surface area contributed by atoms with Gasteiger partial charge in [-0.25, -0.2) is 0 Å². The van der Waals surface area contributed by atoms with Gasteiger partial charge in [0.15, 0.2) is 0 Å². The fraction of sp³-hybridized carbons (Fsp3) is 0.727. The lowest BCUT2D eigenvalue weighted by molar-refractivity contribution is -0.560. The normalized spacial score (nSPS) is 13.2. The maximum Gasteiger partial charge on any atom is 0.244 e. The summed E-state index contributed by atoms with van der Waals surface area (Å²) in [6.45, 7) is 5.53. The molecule has 1 amide bonds. The third kappa shape index (κ3) is 5.02. The number of hydrogen-bond acceptors (Lipinski definition) is 5. The minimum absolute atomic E-state index is 0.0218. The molecule has 8 heteroatoms. The van der Waals surface area contributed by atoms with Gasteiger partial charge in [0.1, 0.15) is 0 Å². The summed E-state index contributed by atoms with van der Waals surface area (Å²) >= 11 is 0. The van der Waals surface area contributed by atoms with Gasteiger partial charge in [0.25, 0.3) is 0 Å². The highest BCUT2D eigenvalue weighted by Gasteiger charge is 2.34. The SMILES string of the molecule is CC(C)(C/C=C(/CC(C)(C)[N+](=O)[O-])C(N)=O)[N+](=O)[O-]. The summed E-state index contributed by atoms with van der Waals surface area (Å²) in [6.07, 6.45) is 1.13. The molecule has 2 N–H and O–H groups in total. The van der Waals surface area contributed by atoms with Crippen LogP contribution in [0, 0.1) is 20.2 Å². The first kappa shape index (κ1) is 17.0. The zero-order chi connectivity index (χ0) is 15.4. The van der Waals surface area contributed by atoms with Crippen LogP contribution in [0.4, 0.5) is 0 Å². The Morgan fingerprint density at radius 1 is 1.11 bits per heavy atom. The van der Waals surface area contributed by atoms with Crippen molar-refractivity contribution < 1.29 is 14.6 Å². The van der Waals surface area contributed by atoms with Crippen LogP contribution in [0.3, 0.4) is 0 Å². The van der Waals surface area contributed by atoms with Crippen molar-refractivity contribution in [2.45, 2.75) is 51.6 Å². The molecule has 0 heterocycles. The summed E-state index contributed by atoms with van der Waals surface area (Å²) in [5.74, 6) is -0.797. The number of amides is 1. The van der Waals surface area contributed by atoms with E-state index in [4.69, 9.17) is 5.73 Å². The maximum atomic E-state index is 11.2. The number of rotatable bonds is 7. The molecule has 0 bridgehead atoms. The number of nitro groups is 2. The first-order valence-corrected chi connectivity index (χ1v) is 5.68. The zero-order valence-corrected chi connectivity index (χ0v) is 11.5. The molecule has 0 rings (SSSR count). The number of nitrogens with two attached hydrogens (primary N) is 1. The molecule has 19 heavy (non-hydrogen) atoms. The molecule has 0 spiro atoms. The van der Waals surface area contributed by atoms with Crippen LogP contribution < -0.4 is 5.73 Å². The number of nitrogens with zero attached hydrogens (tertiary/aromatic N) is 2. The first-order valence-electron chi connectivity index (χ1n) is 5.68. The molecule has 0 aliphatic carbocycles. The molecule has 0 saturated heterocycles. The molecule has 8 nitrogen and oxygen atoms in total. The van der Waals surface area contributed by atoms with Crippen LogP contribution >= 0.6 is 0 Å². The highest BCUT2D eigenvalue weighted by atomic mass is 16.6. The van der Waals surface area contributed by atoms with Crippen molar-refractivity contribution in [3.63, 3.8) is 0 Å². The minimum atomic E-state index is -1.35. The fourth-order valence-electron chi connectivity index (χ4n) is 1.24. The van der Waals surface area contributed by atoms with E-state index in [2.05, 4.69) is 0 Å². The van der Waals surface area contributed by atoms with Crippen molar-refractivity contribution in [2.24, 2.45) is 5.73 Å². The molecule has 0 aliphatic heterocycles. The van der Waals surface area contributed by atoms with Crippen LogP contribution in [0.5, 0.6) is 0 Å². The van der Waals surface area contributed by atoms with E-state index in [1.165, 1.54) is 33.8 Å². The van der Waals surface area contributed by atoms with E-state index in [0.29, 0.717) is 0 Å².